The molecule has 0 saturated heterocycles. The van der Waals surface area contributed by atoms with Crippen LogP contribution >= 0.6 is 0 Å². The highest BCUT2D eigenvalue weighted by Gasteiger charge is 2.08. The SMILES string of the molecule is CCCCCCCc1[c]ccc(CCCC)c1CCCC. The van der Waals surface area contributed by atoms with Gasteiger partial charge in [0.1, 0.15) is 0 Å². The molecule has 0 saturated carbocycles. The fourth-order valence-corrected chi connectivity index (χ4v) is 3.02. The molecule has 0 aliphatic carbocycles. The molecule has 1 rings (SSSR count). The van der Waals surface area contributed by atoms with Gasteiger partial charge in [-0.1, -0.05) is 71.4 Å². The van der Waals surface area contributed by atoms with Gasteiger partial charge in [-0.3, -0.25) is 0 Å². The first-order chi connectivity index (χ1) is 10.3. The van der Waals surface area contributed by atoms with E-state index in [0.29, 0.717) is 0 Å². The third kappa shape index (κ3) is 7.16. The lowest BCUT2D eigenvalue weighted by atomic mass is 9.91. The summed E-state index contributed by atoms with van der Waals surface area (Å²) in [6.45, 7) is 6.87. The van der Waals surface area contributed by atoms with Crippen molar-refractivity contribution in [2.24, 2.45) is 0 Å². The fraction of sp³-hybridized carbons (Fsp3) is 0.714. The van der Waals surface area contributed by atoms with Crippen molar-refractivity contribution in [3.63, 3.8) is 0 Å². The molecule has 0 amide bonds. The van der Waals surface area contributed by atoms with E-state index in [1.54, 1.807) is 11.1 Å². The van der Waals surface area contributed by atoms with E-state index in [9.17, 15) is 0 Å². The Morgan fingerprint density at radius 2 is 1.38 bits per heavy atom. The van der Waals surface area contributed by atoms with Gasteiger partial charge in [0.2, 0.25) is 0 Å². The van der Waals surface area contributed by atoms with Crippen molar-refractivity contribution in [2.45, 2.75) is 97.8 Å². The van der Waals surface area contributed by atoms with E-state index in [0.717, 1.165) is 0 Å². The van der Waals surface area contributed by atoms with Crippen LogP contribution in [0.1, 0.15) is 95.2 Å². The van der Waals surface area contributed by atoms with Gasteiger partial charge in [-0.05, 0) is 61.3 Å². The fourth-order valence-electron chi connectivity index (χ4n) is 3.02. The topological polar surface area (TPSA) is 0 Å². The van der Waals surface area contributed by atoms with Crippen molar-refractivity contribution in [1.82, 2.24) is 0 Å². The predicted molar refractivity (Wildman–Crippen MR) is 95.0 cm³/mol. The lowest BCUT2D eigenvalue weighted by molar-refractivity contribution is 0.629. The summed E-state index contributed by atoms with van der Waals surface area (Å²) in [5.74, 6) is 0. The molecule has 119 valence electrons. The molecule has 1 aromatic carbocycles. The van der Waals surface area contributed by atoms with Crippen molar-refractivity contribution in [2.75, 3.05) is 0 Å². The molecular formula is C21H35. The summed E-state index contributed by atoms with van der Waals surface area (Å²) in [5, 5.41) is 0. The van der Waals surface area contributed by atoms with Crippen molar-refractivity contribution < 1.29 is 0 Å². The maximum absolute atomic E-state index is 3.55. The van der Waals surface area contributed by atoms with Crippen molar-refractivity contribution in [3.8, 4) is 0 Å². The Labute approximate surface area is 133 Å². The Bertz CT molecular complexity index is 364. The largest absolute Gasteiger partial charge is 0.0654 e. The maximum atomic E-state index is 3.55. The minimum atomic E-state index is 1.24. The second kappa shape index (κ2) is 11.8. The predicted octanol–water partition coefficient (Wildman–Crippen LogP) is 6.68. The lowest BCUT2D eigenvalue weighted by Gasteiger charge is -2.14. The number of hydrogen-bond donors (Lipinski definition) is 0. The average Bonchev–Trinajstić information content (AvgIpc) is 2.51. The van der Waals surface area contributed by atoms with Gasteiger partial charge >= 0.3 is 0 Å². The van der Waals surface area contributed by atoms with Crippen LogP contribution in [0.2, 0.25) is 0 Å². The quantitative estimate of drug-likeness (QED) is 0.376. The molecule has 21 heavy (non-hydrogen) atoms. The highest BCUT2D eigenvalue weighted by atomic mass is 14.1. The van der Waals surface area contributed by atoms with Gasteiger partial charge in [0, 0.05) is 0 Å². The molecule has 0 bridgehead atoms. The van der Waals surface area contributed by atoms with Crippen LogP contribution in [-0.2, 0) is 19.3 Å². The molecule has 0 aliphatic heterocycles. The highest BCUT2D eigenvalue weighted by molar-refractivity contribution is 5.35. The summed E-state index contributed by atoms with van der Waals surface area (Å²) in [6, 6.07) is 8.04. The Morgan fingerprint density at radius 3 is 2.10 bits per heavy atom. The third-order valence-electron chi connectivity index (χ3n) is 4.40. The van der Waals surface area contributed by atoms with Crippen LogP contribution in [0.3, 0.4) is 0 Å². The molecule has 0 spiro atoms. The molecule has 0 atom stereocenters. The van der Waals surface area contributed by atoms with Crippen LogP contribution in [0.15, 0.2) is 12.1 Å². The summed E-state index contributed by atoms with van der Waals surface area (Å²) in [4.78, 5) is 0. The summed E-state index contributed by atoms with van der Waals surface area (Å²) < 4.78 is 0. The Hall–Kier alpha value is -0.780. The van der Waals surface area contributed by atoms with Crippen molar-refractivity contribution in [3.05, 3.63) is 34.9 Å². The Morgan fingerprint density at radius 1 is 0.714 bits per heavy atom. The molecule has 0 N–H and O–H groups in total. The molecular weight excluding hydrogens is 252 g/mol. The molecule has 0 unspecified atom stereocenters. The Kier molecular flexibility index (Phi) is 10.3. The van der Waals surface area contributed by atoms with Crippen molar-refractivity contribution in [1.29, 1.82) is 0 Å². The van der Waals surface area contributed by atoms with E-state index in [4.69, 9.17) is 0 Å². The van der Waals surface area contributed by atoms with E-state index >= 15 is 0 Å². The normalized spacial score (nSPS) is 11.0. The second-order valence-corrected chi connectivity index (χ2v) is 6.33. The van der Waals surface area contributed by atoms with Gasteiger partial charge in [-0.2, -0.15) is 0 Å². The van der Waals surface area contributed by atoms with Crippen LogP contribution in [0.25, 0.3) is 0 Å². The summed E-state index contributed by atoms with van der Waals surface area (Å²) >= 11 is 0. The Balaban J connectivity index is 2.65. The van der Waals surface area contributed by atoms with Crippen LogP contribution in [0.5, 0.6) is 0 Å². The summed E-state index contributed by atoms with van der Waals surface area (Å²) in [5.41, 5.74) is 4.77. The van der Waals surface area contributed by atoms with Crippen LogP contribution in [0, 0.1) is 6.07 Å². The molecule has 0 nitrogen and oxygen atoms in total. The lowest BCUT2D eigenvalue weighted by Crippen LogP contribution is -2.02. The van der Waals surface area contributed by atoms with Crippen LogP contribution in [-0.4, -0.2) is 0 Å². The van der Waals surface area contributed by atoms with Gasteiger partial charge in [-0.25, -0.2) is 0 Å². The minimum Gasteiger partial charge on any atom is -0.0654 e. The molecule has 0 fully saturated rings. The molecule has 1 aromatic rings. The first-order valence-corrected chi connectivity index (χ1v) is 9.34. The van der Waals surface area contributed by atoms with E-state index < -0.39 is 0 Å². The first-order valence-electron chi connectivity index (χ1n) is 9.34. The monoisotopic (exact) mass is 287 g/mol. The van der Waals surface area contributed by atoms with Gasteiger partial charge in [-0.15, -0.1) is 0 Å². The first kappa shape index (κ1) is 18.3. The summed E-state index contributed by atoms with van der Waals surface area (Å²) in [7, 11) is 0. The highest BCUT2D eigenvalue weighted by Crippen LogP contribution is 2.21. The van der Waals surface area contributed by atoms with E-state index in [1.807, 2.05) is 0 Å². The standard InChI is InChI=1S/C21H35/c1-4-7-10-11-12-15-20-17-13-16-19(14-8-5-2)21(20)18-9-6-3/h13,16H,4-12,14-15,18H2,1-3H3. The molecule has 0 heteroatoms. The van der Waals surface area contributed by atoms with Gasteiger partial charge in [0.05, 0.1) is 0 Å². The number of hydrogen-bond acceptors (Lipinski definition) is 0. The average molecular weight is 288 g/mol. The zero-order chi connectivity index (χ0) is 15.3. The van der Waals surface area contributed by atoms with E-state index in [-0.39, 0.29) is 0 Å². The minimum absolute atomic E-state index is 1.24. The number of unbranched alkanes of at least 4 members (excludes halogenated alkanes) is 6. The molecule has 0 aliphatic rings. The van der Waals surface area contributed by atoms with E-state index in [2.05, 4.69) is 39.0 Å². The van der Waals surface area contributed by atoms with Crippen LogP contribution in [0.4, 0.5) is 0 Å². The second-order valence-electron chi connectivity index (χ2n) is 6.33. The smallest absolute Gasteiger partial charge is 0.0146 e. The maximum Gasteiger partial charge on any atom is -0.0146 e. The summed E-state index contributed by atoms with van der Waals surface area (Å²) in [6.07, 6.45) is 15.8. The van der Waals surface area contributed by atoms with E-state index in [1.165, 1.54) is 82.6 Å². The van der Waals surface area contributed by atoms with Gasteiger partial charge in [0.15, 0.2) is 0 Å². The molecule has 0 heterocycles. The zero-order valence-corrected chi connectivity index (χ0v) is 14.6. The third-order valence-corrected chi connectivity index (χ3v) is 4.40. The molecule has 0 aromatic heterocycles. The van der Waals surface area contributed by atoms with Gasteiger partial charge in [0.25, 0.3) is 0 Å². The number of rotatable bonds is 12. The number of aryl methyl sites for hydroxylation is 2. The van der Waals surface area contributed by atoms with Gasteiger partial charge < -0.3 is 0 Å². The number of benzene rings is 1. The zero-order valence-electron chi connectivity index (χ0n) is 14.6. The van der Waals surface area contributed by atoms with Crippen LogP contribution < -0.4 is 0 Å². The molecule has 1 radical (unpaired) electrons. The van der Waals surface area contributed by atoms with Crippen molar-refractivity contribution >= 4 is 0 Å².